The third-order valence-electron chi connectivity index (χ3n) is 4.46. The van der Waals surface area contributed by atoms with Crippen LogP contribution in [0, 0.1) is 6.92 Å². The van der Waals surface area contributed by atoms with Crippen molar-refractivity contribution in [1.29, 1.82) is 0 Å². The minimum absolute atomic E-state index is 0.0189. The van der Waals surface area contributed by atoms with Gasteiger partial charge in [0.2, 0.25) is 0 Å². The highest BCUT2D eigenvalue weighted by molar-refractivity contribution is 5.95. The zero-order valence-electron chi connectivity index (χ0n) is 14.1. The molecule has 0 bridgehead atoms. The molecular weight excluding hydrogens is 300 g/mol. The zero-order valence-corrected chi connectivity index (χ0v) is 14.1. The Balaban J connectivity index is 1.42. The minimum Gasteiger partial charge on any atom is -0.352 e. The second-order valence-electron chi connectivity index (χ2n) is 6.25. The minimum atomic E-state index is 0.0189. The molecule has 0 saturated carbocycles. The number of hydrogen-bond donors (Lipinski definition) is 2. The molecule has 1 amide bonds. The lowest BCUT2D eigenvalue weighted by Crippen LogP contribution is -2.30. The largest absolute Gasteiger partial charge is 0.352 e. The molecule has 126 valence electrons. The summed E-state index contributed by atoms with van der Waals surface area (Å²) in [5.74, 6) is 0.0189. The Morgan fingerprint density at radius 2 is 2.25 bits per heavy atom. The predicted molar refractivity (Wildman–Crippen MR) is 94.7 cm³/mol. The van der Waals surface area contributed by atoms with Crippen LogP contribution in [0.3, 0.4) is 0 Å². The Morgan fingerprint density at radius 1 is 1.38 bits per heavy atom. The van der Waals surface area contributed by atoms with E-state index >= 15 is 0 Å². The van der Waals surface area contributed by atoms with Gasteiger partial charge in [-0.05, 0) is 31.4 Å². The third-order valence-corrected chi connectivity index (χ3v) is 4.46. The molecule has 1 aliphatic heterocycles. The Morgan fingerprint density at radius 3 is 2.96 bits per heavy atom. The molecule has 24 heavy (non-hydrogen) atoms. The van der Waals surface area contributed by atoms with Gasteiger partial charge in [-0.15, -0.1) is 0 Å². The molecule has 2 heterocycles. The molecule has 0 spiro atoms. The van der Waals surface area contributed by atoms with Gasteiger partial charge in [-0.2, -0.15) is 0 Å². The summed E-state index contributed by atoms with van der Waals surface area (Å²) >= 11 is 0. The number of carbonyl (C=O) groups excluding carboxylic acids is 1. The van der Waals surface area contributed by atoms with Gasteiger partial charge in [0.1, 0.15) is 0 Å². The molecule has 0 atom stereocenters. The van der Waals surface area contributed by atoms with Crippen LogP contribution in [0.25, 0.3) is 0 Å². The van der Waals surface area contributed by atoms with Gasteiger partial charge in [0.25, 0.3) is 5.91 Å². The summed E-state index contributed by atoms with van der Waals surface area (Å²) in [4.78, 5) is 21.8. The Labute approximate surface area is 142 Å². The highest BCUT2D eigenvalue weighted by Gasteiger charge is 2.13. The fourth-order valence-electron chi connectivity index (χ4n) is 3.00. The Kier molecular flexibility index (Phi) is 5.43. The second-order valence-corrected chi connectivity index (χ2v) is 6.25. The third kappa shape index (κ3) is 4.32. The van der Waals surface area contributed by atoms with Gasteiger partial charge >= 0.3 is 0 Å². The van der Waals surface area contributed by atoms with Crippen molar-refractivity contribution in [1.82, 2.24) is 20.2 Å². The predicted octanol–water partition coefficient (Wildman–Crippen LogP) is 2.67. The van der Waals surface area contributed by atoms with Crippen LogP contribution in [0.4, 0.5) is 0 Å². The first-order valence-corrected chi connectivity index (χ1v) is 8.44. The summed E-state index contributed by atoms with van der Waals surface area (Å²) in [7, 11) is 0. The van der Waals surface area contributed by atoms with Crippen LogP contribution in [0.15, 0.2) is 48.4 Å². The quantitative estimate of drug-likeness (QED) is 0.803. The first kappa shape index (κ1) is 16.5. The maximum atomic E-state index is 12.2. The number of aromatic amines is 1. The molecule has 2 aromatic rings. The van der Waals surface area contributed by atoms with Gasteiger partial charge in [0.05, 0.1) is 6.33 Å². The van der Waals surface area contributed by atoms with Gasteiger partial charge in [-0.25, -0.2) is 4.98 Å². The molecular formula is C19H24N4O. The lowest BCUT2D eigenvalue weighted by atomic mass is 10.0. The molecule has 0 fully saturated rings. The molecule has 0 radical (unpaired) electrons. The van der Waals surface area contributed by atoms with Gasteiger partial charge < -0.3 is 10.3 Å². The smallest absolute Gasteiger partial charge is 0.251 e. The second kappa shape index (κ2) is 7.93. The highest BCUT2D eigenvalue weighted by atomic mass is 16.1. The van der Waals surface area contributed by atoms with Crippen LogP contribution in [-0.2, 0) is 6.54 Å². The highest BCUT2D eigenvalue weighted by Crippen LogP contribution is 2.15. The SMILES string of the molecule is Cc1ccccc1C(=O)NCCC1=CCN(Cc2cnc[nH]2)CC1. The van der Waals surface area contributed by atoms with Crippen molar-refractivity contribution in [2.24, 2.45) is 0 Å². The normalized spacial score (nSPS) is 15.1. The molecule has 1 aliphatic rings. The van der Waals surface area contributed by atoms with E-state index in [2.05, 4.69) is 26.3 Å². The number of carbonyl (C=O) groups is 1. The average Bonchev–Trinajstić information content (AvgIpc) is 3.10. The first-order chi connectivity index (χ1) is 11.7. The van der Waals surface area contributed by atoms with Crippen LogP contribution in [0.5, 0.6) is 0 Å². The topological polar surface area (TPSA) is 61.0 Å². The number of aromatic nitrogens is 2. The summed E-state index contributed by atoms with van der Waals surface area (Å²) in [6.45, 7) is 5.58. The van der Waals surface area contributed by atoms with Crippen LogP contribution < -0.4 is 5.32 Å². The number of amides is 1. The standard InChI is InChI=1S/C19H24N4O/c1-15-4-2-3-5-18(15)19(24)21-9-6-16-7-10-23(11-8-16)13-17-12-20-14-22-17/h2-5,7,12,14H,6,8-11,13H2,1H3,(H,20,22)(H,21,24). The zero-order chi connectivity index (χ0) is 16.8. The maximum Gasteiger partial charge on any atom is 0.251 e. The van der Waals surface area contributed by atoms with E-state index in [-0.39, 0.29) is 5.91 Å². The summed E-state index contributed by atoms with van der Waals surface area (Å²) in [5, 5.41) is 3.03. The van der Waals surface area contributed by atoms with E-state index in [4.69, 9.17) is 0 Å². The first-order valence-electron chi connectivity index (χ1n) is 8.44. The molecule has 5 nitrogen and oxygen atoms in total. The number of hydrogen-bond acceptors (Lipinski definition) is 3. The van der Waals surface area contributed by atoms with Gasteiger partial charge in [-0.3, -0.25) is 9.69 Å². The Hall–Kier alpha value is -2.40. The van der Waals surface area contributed by atoms with Gasteiger partial charge in [0.15, 0.2) is 0 Å². The number of rotatable bonds is 6. The van der Waals surface area contributed by atoms with E-state index in [0.29, 0.717) is 6.54 Å². The van der Waals surface area contributed by atoms with Crippen molar-refractivity contribution < 1.29 is 4.79 Å². The van der Waals surface area contributed by atoms with Crippen LogP contribution in [0.2, 0.25) is 0 Å². The molecule has 0 saturated heterocycles. The van der Waals surface area contributed by atoms with Crippen LogP contribution in [-0.4, -0.2) is 40.4 Å². The van der Waals surface area contributed by atoms with E-state index < -0.39 is 0 Å². The average molecular weight is 324 g/mol. The summed E-state index contributed by atoms with van der Waals surface area (Å²) in [6, 6.07) is 7.69. The van der Waals surface area contributed by atoms with Crippen molar-refractivity contribution in [3.8, 4) is 0 Å². The molecule has 2 N–H and O–H groups in total. The lowest BCUT2D eigenvalue weighted by Gasteiger charge is -2.25. The summed E-state index contributed by atoms with van der Waals surface area (Å²) in [5.41, 5.74) is 4.36. The summed E-state index contributed by atoms with van der Waals surface area (Å²) < 4.78 is 0. The van der Waals surface area contributed by atoms with Crippen LogP contribution in [0.1, 0.15) is 34.5 Å². The number of benzene rings is 1. The molecule has 5 heteroatoms. The number of imidazole rings is 1. The number of aryl methyl sites for hydroxylation is 1. The molecule has 0 unspecified atom stereocenters. The monoisotopic (exact) mass is 324 g/mol. The molecule has 3 rings (SSSR count). The fourth-order valence-corrected chi connectivity index (χ4v) is 3.00. The molecule has 1 aromatic heterocycles. The van der Waals surface area contributed by atoms with Crippen molar-refractivity contribution in [3.63, 3.8) is 0 Å². The van der Waals surface area contributed by atoms with E-state index in [1.54, 1.807) is 6.33 Å². The molecule has 1 aromatic carbocycles. The van der Waals surface area contributed by atoms with Gasteiger partial charge in [-0.1, -0.05) is 29.8 Å². The number of H-pyrrole nitrogens is 1. The van der Waals surface area contributed by atoms with Crippen molar-refractivity contribution >= 4 is 5.91 Å². The van der Waals surface area contributed by atoms with Crippen molar-refractivity contribution in [2.75, 3.05) is 19.6 Å². The molecule has 0 aliphatic carbocycles. The van der Waals surface area contributed by atoms with E-state index in [0.717, 1.165) is 49.3 Å². The summed E-state index contributed by atoms with van der Waals surface area (Å²) in [6.07, 6.45) is 7.88. The number of nitrogens with zero attached hydrogens (tertiary/aromatic N) is 2. The van der Waals surface area contributed by atoms with E-state index in [1.807, 2.05) is 37.4 Å². The lowest BCUT2D eigenvalue weighted by molar-refractivity contribution is 0.0953. The number of nitrogens with one attached hydrogen (secondary N) is 2. The maximum absolute atomic E-state index is 12.2. The Bertz CT molecular complexity index is 706. The van der Waals surface area contributed by atoms with Crippen LogP contribution >= 0.6 is 0 Å². The fraction of sp³-hybridized carbons (Fsp3) is 0.368. The van der Waals surface area contributed by atoms with E-state index in [1.165, 1.54) is 5.57 Å². The van der Waals surface area contributed by atoms with Crippen molar-refractivity contribution in [3.05, 3.63) is 65.3 Å². The van der Waals surface area contributed by atoms with E-state index in [9.17, 15) is 4.79 Å². The van der Waals surface area contributed by atoms with Crippen molar-refractivity contribution in [2.45, 2.75) is 26.3 Å². The van der Waals surface area contributed by atoms with Gasteiger partial charge in [0, 0.05) is 43.6 Å².